The van der Waals surface area contributed by atoms with E-state index in [-0.39, 0.29) is 6.04 Å². The van der Waals surface area contributed by atoms with Crippen molar-refractivity contribution in [2.45, 2.75) is 51.1 Å². The van der Waals surface area contributed by atoms with E-state index in [1.54, 1.807) is 0 Å². The largest absolute Gasteiger partial charge is 0.361 e. The van der Waals surface area contributed by atoms with Crippen molar-refractivity contribution in [3.63, 3.8) is 0 Å². The molecule has 5 heteroatoms. The fourth-order valence-electron chi connectivity index (χ4n) is 5.03. The fraction of sp³-hybridized carbons (Fsp3) is 0.500. The Balaban J connectivity index is 1.58. The summed E-state index contributed by atoms with van der Waals surface area (Å²) < 4.78 is 0. The van der Waals surface area contributed by atoms with Crippen LogP contribution in [0.15, 0.2) is 42.5 Å². The Kier molecular flexibility index (Phi) is 6.96. The summed E-state index contributed by atoms with van der Waals surface area (Å²) in [5, 5.41) is 2.16. The van der Waals surface area contributed by atoms with Crippen molar-refractivity contribution in [3.05, 3.63) is 63.1 Å². The Morgan fingerprint density at radius 1 is 0.862 bits per heavy atom. The zero-order valence-corrected chi connectivity index (χ0v) is 19.2. The van der Waals surface area contributed by atoms with Crippen molar-refractivity contribution in [1.82, 2.24) is 4.90 Å². The normalized spacial score (nSPS) is 25.9. The van der Waals surface area contributed by atoms with Gasteiger partial charge in [0.15, 0.2) is 0 Å². The van der Waals surface area contributed by atoms with Gasteiger partial charge in [-0.25, -0.2) is 0 Å². The van der Waals surface area contributed by atoms with E-state index in [1.807, 2.05) is 24.3 Å². The van der Waals surface area contributed by atoms with Crippen LogP contribution in [0.2, 0.25) is 15.1 Å². The molecule has 1 saturated carbocycles. The second-order valence-corrected chi connectivity index (χ2v) is 9.71. The molecule has 0 bridgehead atoms. The molecule has 0 radical (unpaired) electrons. The molecule has 0 aromatic heterocycles. The van der Waals surface area contributed by atoms with E-state index in [4.69, 9.17) is 34.8 Å². The van der Waals surface area contributed by atoms with Crippen LogP contribution in [0.4, 0.5) is 5.69 Å². The number of rotatable bonds is 4. The second kappa shape index (κ2) is 9.47. The van der Waals surface area contributed by atoms with Crippen molar-refractivity contribution in [2.75, 3.05) is 24.5 Å². The number of hydrogen-bond acceptors (Lipinski definition) is 2. The first-order chi connectivity index (χ1) is 14.0. The van der Waals surface area contributed by atoms with Gasteiger partial charge in [0.25, 0.3) is 0 Å². The third-order valence-electron chi connectivity index (χ3n) is 6.80. The lowest BCUT2D eigenvalue weighted by molar-refractivity contribution is 0.112. The third kappa shape index (κ3) is 4.88. The second-order valence-electron chi connectivity index (χ2n) is 8.43. The lowest BCUT2D eigenvalue weighted by Gasteiger charge is -2.47. The zero-order valence-electron chi connectivity index (χ0n) is 17.0. The van der Waals surface area contributed by atoms with E-state index in [0.29, 0.717) is 16.1 Å². The number of piperazine rings is 1. The lowest BCUT2D eigenvalue weighted by Crippen LogP contribution is -2.52. The van der Waals surface area contributed by atoms with Crippen LogP contribution in [-0.2, 0) is 0 Å². The summed E-state index contributed by atoms with van der Waals surface area (Å²) in [5.74, 6) is 0.924. The van der Waals surface area contributed by atoms with Gasteiger partial charge in [-0.2, -0.15) is 0 Å². The molecule has 1 atom stereocenters. The van der Waals surface area contributed by atoms with E-state index in [0.717, 1.165) is 36.3 Å². The minimum absolute atomic E-state index is 0.253. The number of benzene rings is 2. The number of nitrogens with zero attached hydrogens (tertiary/aromatic N) is 2. The number of halogens is 3. The fourth-order valence-corrected chi connectivity index (χ4v) is 5.67. The lowest BCUT2D eigenvalue weighted by atomic mass is 9.83. The van der Waals surface area contributed by atoms with Gasteiger partial charge in [0.1, 0.15) is 0 Å². The topological polar surface area (TPSA) is 6.48 Å². The Labute approximate surface area is 189 Å². The van der Waals surface area contributed by atoms with Crippen molar-refractivity contribution in [2.24, 2.45) is 5.92 Å². The quantitative estimate of drug-likeness (QED) is 0.475. The maximum absolute atomic E-state index is 6.60. The standard InChI is InChI=1S/C24H29Cl3N2/c1-2-17-3-10-21(11-4-17)28-13-14-29(23-12-9-20(26)15-22(23)27)24(16-28)18-5-7-19(25)8-6-18/h5-9,12,15,17,21,24H,2-4,10-11,13-14,16H2,1H3. The first-order valence-electron chi connectivity index (χ1n) is 10.8. The first kappa shape index (κ1) is 21.3. The van der Waals surface area contributed by atoms with Gasteiger partial charge in [-0.05, 0) is 67.5 Å². The summed E-state index contributed by atoms with van der Waals surface area (Å²) in [6.07, 6.45) is 6.72. The highest BCUT2D eigenvalue weighted by Gasteiger charge is 2.34. The van der Waals surface area contributed by atoms with Crippen LogP contribution in [-0.4, -0.2) is 30.6 Å². The predicted molar refractivity (Wildman–Crippen MR) is 126 cm³/mol. The van der Waals surface area contributed by atoms with E-state index in [2.05, 4.69) is 34.9 Å². The van der Waals surface area contributed by atoms with E-state index >= 15 is 0 Å². The van der Waals surface area contributed by atoms with Crippen molar-refractivity contribution < 1.29 is 0 Å². The van der Waals surface area contributed by atoms with Crippen LogP contribution >= 0.6 is 34.8 Å². The molecule has 1 aliphatic carbocycles. The minimum Gasteiger partial charge on any atom is -0.361 e. The van der Waals surface area contributed by atoms with Gasteiger partial charge in [-0.1, -0.05) is 60.3 Å². The van der Waals surface area contributed by atoms with E-state index in [9.17, 15) is 0 Å². The third-order valence-corrected chi connectivity index (χ3v) is 7.59. The molecule has 2 fully saturated rings. The number of hydrogen-bond donors (Lipinski definition) is 0. The molecule has 4 rings (SSSR count). The van der Waals surface area contributed by atoms with Gasteiger partial charge in [-0.15, -0.1) is 0 Å². The summed E-state index contributed by atoms with van der Waals surface area (Å²) in [5.41, 5.74) is 2.35. The van der Waals surface area contributed by atoms with E-state index in [1.165, 1.54) is 37.7 Å². The summed E-state index contributed by atoms with van der Waals surface area (Å²) in [6, 6.07) is 15.1. The molecule has 2 aliphatic rings. The summed E-state index contributed by atoms with van der Waals surface area (Å²) in [4.78, 5) is 5.15. The van der Waals surface area contributed by atoms with Gasteiger partial charge in [0.05, 0.1) is 16.8 Å². The molecule has 0 spiro atoms. The average molecular weight is 452 g/mol. The molecule has 2 aromatic carbocycles. The van der Waals surface area contributed by atoms with Crippen molar-refractivity contribution in [3.8, 4) is 0 Å². The Hall–Kier alpha value is -0.930. The highest BCUT2D eigenvalue weighted by molar-refractivity contribution is 6.36. The number of anilines is 1. The van der Waals surface area contributed by atoms with Gasteiger partial charge in [0, 0.05) is 35.7 Å². The highest BCUT2D eigenvalue weighted by Crippen LogP contribution is 2.39. The Morgan fingerprint density at radius 2 is 1.55 bits per heavy atom. The molecular formula is C24H29Cl3N2. The monoisotopic (exact) mass is 450 g/mol. The summed E-state index contributed by atoms with van der Waals surface area (Å²) >= 11 is 18.9. The molecule has 1 unspecified atom stereocenters. The van der Waals surface area contributed by atoms with Gasteiger partial charge < -0.3 is 4.90 Å². The molecule has 2 aromatic rings. The van der Waals surface area contributed by atoms with Crippen molar-refractivity contribution >= 4 is 40.5 Å². The summed E-state index contributed by atoms with van der Waals surface area (Å²) in [6.45, 7) is 5.38. The van der Waals surface area contributed by atoms with Gasteiger partial charge in [0.2, 0.25) is 0 Å². The van der Waals surface area contributed by atoms with Crippen molar-refractivity contribution in [1.29, 1.82) is 0 Å². The molecule has 0 amide bonds. The van der Waals surface area contributed by atoms with Gasteiger partial charge in [-0.3, -0.25) is 4.90 Å². The van der Waals surface area contributed by atoms with Crippen LogP contribution in [0, 0.1) is 5.92 Å². The van der Waals surface area contributed by atoms with Crippen LogP contribution in [0.1, 0.15) is 50.6 Å². The summed E-state index contributed by atoms with van der Waals surface area (Å²) in [7, 11) is 0. The molecular weight excluding hydrogens is 423 g/mol. The molecule has 29 heavy (non-hydrogen) atoms. The molecule has 2 nitrogen and oxygen atoms in total. The van der Waals surface area contributed by atoms with Crippen LogP contribution < -0.4 is 4.90 Å². The van der Waals surface area contributed by atoms with Crippen LogP contribution in [0.5, 0.6) is 0 Å². The molecule has 0 N–H and O–H groups in total. The van der Waals surface area contributed by atoms with E-state index < -0.39 is 0 Å². The SMILES string of the molecule is CCC1CCC(N2CCN(c3ccc(Cl)cc3Cl)C(c3ccc(Cl)cc3)C2)CC1. The molecule has 1 aliphatic heterocycles. The average Bonchev–Trinajstić information content (AvgIpc) is 2.74. The Bertz CT molecular complexity index is 815. The van der Waals surface area contributed by atoms with Crippen LogP contribution in [0.3, 0.4) is 0 Å². The zero-order chi connectivity index (χ0) is 20.4. The predicted octanol–water partition coefficient (Wildman–Crippen LogP) is 7.48. The first-order valence-corrected chi connectivity index (χ1v) is 11.9. The molecule has 156 valence electrons. The van der Waals surface area contributed by atoms with Crippen LogP contribution in [0.25, 0.3) is 0 Å². The Morgan fingerprint density at radius 3 is 2.21 bits per heavy atom. The maximum atomic E-state index is 6.60. The molecule has 1 heterocycles. The minimum atomic E-state index is 0.253. The highest BCUT2D eigenvalue weighted by atomic mass is 35.5. The smallest absolute Gasteiger partial charge is 0.0670 e. The van der Waals surface area contributed by atoms with Gasteiger partial charge >= 0.3 is 0 Å². The molecule has 1 saturated heterocycles. The maximum Gasteiger partial charge on any atom is 0.0670 e.